The van der Waals surface area contributed by atoms with Gasteiger partial charge in [0, 0.05) is 22.6 Å². The summed E-state index contributed by atoms with van der Waals surface area (Å²) >= 11 is 7.21. The van der Waals surface area contributed by atoms with Gasteiger partial charge >= 0.3 is 5.97 Å². The van der Waals surface area contributed by atoms with Crippen LogP contribution in [0.3, 0.4) is 0 Å². The Morgan fingerprint density at radius 2 is 2.20 bits per heavy atom. The molecule has 1 saturated heterocycles. The van der Waals surface area contributed by atoms with Gasteiger partial charge in [0.25, 0.3) is 22.8 Å². The number of nitrogens with zero attached hydrogens (tertiary/aromatic N) is 3. The van der Waals surface area contributed by atoms with E-state index in [-0.39, 0.29) is 50.4 Å². The summed E-state index contributed by atoms with van der Waals surface area (Å²) < 4.78 is 5.11. The van der Waals surface area contributed by atoms with E-state index in [1.165, 1.54) is 41.5 Å². The van der Waals surface area contributed by atoms with Gasteiger partial charge in [-0.05, 0) is 17.7 Å². The highest BCUT2D eigenvalue weighted by molar-refractivity contribution is 8.14. The van der Waals surface area contributed by atoms with E-state index < -0.39 is 41.1 Å². The number of thioether (sulfide) groups is 2. The number of hydrogen-bond acceptors (Lipinski definition) is 14. The van der Waals surface area contributed by atoms with Crippen LogP contribution in [0.1, 0.15) is 16.2 Å². The van der Waals surface area contributed by atoms with Crippen LogP contribution >= 0.6 is 47.5 Å². The number of anilines is 1. The molecule has 4 rings (SSSR count). The maximum Gasteiger partial charge on any atom is 0.327 e. The molecule has 14 nitrogen and oxygen atoms in total. The first-order chi connectivity index (χ1) is 19.2. The van der Waals surface area contributed by atoms with E-state index in [0.29, 0.717) is 5.57 Å². The molecule has 2 aliphatic rings. The molecule has 0 spiro atoms. The Balaban J connectivity index is 1.56. The number of nitrogens with one attached hydrogen (secondary N) is 2. The van der Waals surface area contributed by atoms with Gasteiger partial charge in [0.1, 0.15) is 36.0 Å². The first-order valence-electron chi connectivity index (χ1n) is 11.3. The van der Waals surface area contributed by atoms with Crippen molar-refractivity contribution in [1.82, 2.24) is 20.5 Å². The molecule has 2 aromatic rings. The molecule has 1 fully saturated rings. The number of nitrogens with two attached hydrogens (primary N) is 1. The Labute approximate surface area is 244 Å². The number of thiol groups is 1. The smallest absolute Gasteiger partial charge is 0.327 e. The van der Waals surface area contributed by atoms with Crippen molar-refractivity contribution in [2.45, 2.75) is 17.5 Å². The summed E-state index contributed by atoms with van der Waals surface area (Å²) in [6.45, 7) is 0. The molecule has 0 saturated carbocycles. The third-order valence-electron chi connectivity index (χ3n) is 5.60. The normalized spacial score (nSPS) is 19.4. The second-order valence-corrected chi connectivity index (χ2v) is 11.4. The monoisotopic (exact) mass is 626 g/mol. The number of rotatable bonds is 11. The SMILES string of the molecule is CO/N=C(\C(=O)N[C@@H]1C(=O)N2C(C(=O)N[C@@H](CS)C(=O)O)=C(CSC(=O)c3ccco3)CS[C@H]12)c1csc(N)n1. The van der Waals surface area contributed by atoms with Crippen LogP contribution in [0.15, 0.2) is 44.6 Å². The number of carboxylic acid groups (broad SMARTS) is 1. The summed E-state index contributed by atoms with van der Waals surface area (Å²) in [5.41, 5.74) is 5.98. The van der Waals surface area contributed by atoms with Crippen LogP contribution in [-0.2, 0) is 24.0 Å². The Bertz CT molecular complexity index is 1390. The predicted molar refractivity (Wildman–Crippen MR) is 151 cm³/mol. The number of carbonyl (C=O) groups excluding carboxylic acids is 4. The molecule has 0 bridgehead atoms. The van der Waals surface area contributed by atoms with Gasteiger partial charge in [-0.2, -0.15) is 12.6 Å². The average Bonchev–Trinajstić information content (AvgIpc) is 3.63. The lowest BCUT2D eigenvalue weighted by molar-refractivity contribution is -0.147. The molecule has 212 valence electrons. The predicted octanol–water partition coefficient (Wildman–Crippen LogP) is 0.396. The number of oxime groups is 1. The van der Waals surface area contributed by atoms with E-state index in [2.05, 4.69) is 33.4 Å². The first-order valence-corrected chi connectivity index (χ1v) is 14.9. The Kier molecular flexibility index (Phi) is 9.44. The maximum atomic E-state index is 13.3. The van der Waals surface area contributed by atoms with Gasteiger partial charge in [-0.3, -0.25) is 24.1 Å². The summed E-state index contributed by atoms with van der Waals surface area (Å²) in [4.78, 5) is 73.5. The number of thiazole rings is 1. The number of furan rings is 1. The van der Waals surface area contributed by atoms with Crippen LogP contribution in [0.5, 0.6) is 0 Å². The summed E-state index contributed by atoms with van der Waals surface area (Å²) in [6, 6.07) is 0.716. The van der Waals surface area contributed by atoms with Gasteiger partial charge in [0.05, 0.1) is 6.26 Å². The number of hydrogen-bond donors (Lipinski definition) is 5. The van der Waals surface area contributed by atoms with E-state index in [1.807, 2.05) is 0 Å². The molecule has 0 aliphatic carbocycles. The average molecular weight is 627 g/mol. The zero-order chi connectivity index (χ0) is 29.0. The van der Waals surface area contributed by atoms with Gasteiger partial charge in [-0.25, -0.2) is 9.78 Å². The first kappa shape index (κ1) is 29.5. The second kappa shape index (κ2) is 12.8. The van der Waals surface area contributed by atoms with Crippen molar-refractivity contribution < 1.29 is 38.3 Å². The highest BCUT2D eigenvalue weighted by Crippen LogP contribution is 2.41. The number of β-lactam (4-membered cyclic amide) rings is 1. The van der Waals surface area contributed by atoms with Crippen molar-refractivity contribution in [3.05, 3.63) is 46.5 Å². The van der Waals surface area contributed by atoms with Gasteiger partial charge in [-0.15, -0.1) is 23.1 Å². The number of carbonyl (C=O) groups is 5. The van der Waals surface area contributed by atoms with Crippen LogP contribution in [-0.4, -0.2) is 91.3 Å². The molecule has 2 aliphatic heterocycles. The molecule has 5 N–H and O–H groups in total. The summed E-state index contributed by atoms with van der Waals surface area (Å²) in [7, 11) is 1.25. The summed E-state index contributed by atoms with van der Waals surface area (Å²) in [6.07, 6.45) is 1.36. The Morgan fingerprint density at radius 3 is 2.80 bits per heavy atom. The van der Waals surface area contributed by atoms with E-state index in [4.69, 9.17) is 15.0 Å². The zero-order valence-electron chi connectivity index (χ0n) is 20.6. The fraction of sp³-hybridized carbons (Fsp3) is 0.318. The van der Waals surface area contributed by atoms with Gasteiger partial charge in [0.2, 0.25) is 0 Å². The van der Waals surface area contributed by atoms with E-state index in [1.54, 1.807) is 6.07 Å². The molecule has 0 unspecified atom stereocenters. The van der Waals surface area contributed by atoms with Crippen LogP contribution < -0.4 is 16.4 Å². The molecular formula is C22H22N6O8S4. The van der Waals surface area contributed by atoms with Crippen LogP contribution in [0.4, 0.5) is 5.13 Å². The standard InChI is InChI=1S/C22H22N6O8S4/c1-35-27-13(11-8-40-22(23)25-11)16(29)26-14-18(31)28-15(17(30)24-10(5-37)20(32)33)9(6-38-19(14)28)7-39-21(34)12-3-2-4-36-12/h2-4,8,10,14,19,37H,5-7H2,1H3,(H2,23,25)(H,24,30)(H,26,29)(H,32,33)/b27-13-/t10-,14+,19+/m0/s1. The molecule has 0 aromatic carbocycles. The lowest BCUT2D eigenvalue weighted by Crippen LogP contribution is -2.71. The minimum atomic E-state index is -1.32. The minimum absolute atomic E-state index is 0.0390. The number of amides is 3. The molecule has 0 radical (unpaired) electrons. The van der Waals surface area contributed by atoms with Crippen LogP contribution in [0, 0.1) is 0 Å². The fourth-order valence-electron chi connectivity index (χ4n) is 3.74. The number of fused-ring (bicyclic) bond motifs is 1. The maximum absolute atomic E-state index is 13.3. The van der Waals surface area contributed by atoms with E-state index >= 15 is 0 Å². The number of nitrogen functional groups attached to an aromatic ring is 1. The van der Waals surface area contributed by atoms with Crippen molar-refractivity contribution in [2.75, 3.05) is 30.1 Å². The molecular weight excluding hydrogens is 605 g/mol. The number of aromatic nitrogens is 1. The fourth-order valence-corrected chi connectivity index (χ4v) is 6.82. The van der Waals surface area contributed by atoms with Gasteiger partial charge < -0.3 is 30.7 Å². The molecule has 3 amide bonds. The number of aliphatic carboxylic acids is 1. The van der Waals surface area contributed by atoms with E-state index in [9.17, 15) is 29.1 Å². The summed E-state index contributed by atoms with van der Waals surface area (Å²) in [5.74, 6) is -3.28. The lowest BCUT2D eigenvalue weighted by atomic mass is 10.0. The van der Waals surface area contributed by atoms with Crippen molar-refractivity contribution in [2.24, 2.45) is 5.16 Å². The van der Waals surface area contributed by atoms with Crippen molar-refractivity contribution in [3.8, 4) is 0 Å². The highest BCUT2D eigenvalue weighted by Gasteiger charge is 2.54. The Hall–Kier alpha value is -3.48. The third-order valence-corrected chi connectivity index (χ3v) is 8.93. The highest BCUT2D eigenvalue weighted by atomic mass is 32.2. The third kappa shape index (κ3) is 6.13. The minimum Gasteiger partial charge on any atom is -0.480 e. The Morgan fingerprint density at radius 1 is 1.43 bits per heavy atom. The zero-order valence-corrected chi connectivity index (χ0v) is 23.9. The second-order valence-electron chi connectivity index (χ2n) is 8.11. The molecule has 2 aromatic heterocycles. The van der Waals surface area contributed by atoms with Gasteiger partial charge in [-0.1, -0.05) is 16.9 Å². The lowest BCUT2D eigenvalue weighted by Gasteiger charge is -2.50. The summed E-state index contributed by atoms with van der Waals surface area (Å²) in [5, 5.41) is 18.7. The largest absolute Gasteiger partial charge is 0.480 e. The van der Waals surface area contributed by atoms with Crippen LogP contribution in [0.25, 0.3) is 0 Å². The molecule has 3 atom stereocenters. The van der Waals surface area contributed by atoms with Crippen molar-refractivity contribution in [1.29, 1.82) is 0 Å². The molecule has 18 heteroatoms. The van der Waals surface area contributed by atoms with Gasteiger partial charge in [0.15, 0.2) is 16.6 Å². The van der Waals surface area contributed by atoms with E-state index in [0.717, 1.165) is 23.1 Å². The molecule has 4 heterocycles. The number of carboxylic acids is 1. The quantitative estimate of drug-likeness (QED) is 0.0994. The van der Waals surface area contributed by atoms with Crippen molar-refractivity contribution >= 4 is 87.1 Å². The molecule has 40 heavy (non-hydrogen) atoms. The topological polar surface area (TPSA) is 207 Å². The van der Waals surface area contributed by atoms with Crippen molar-refractivity contribution in [3.63, 3.8) is 0 Å². The van der Waals surface area contributed by atoms with Crippen LogP contribution in [0.2, 0.25) is 0 Å².